The summed E-state index contributed by atoms with van der Waals surface area (Å²) in [5, 5.41) is 26.6. The highest BCUT2D eigenvalue weighted by molar-refractivity contribution is 7.16. The molecule has 3 atom stereocenters. The molecule has 4 aromatic rings. The van der Waals surface area contributed by atoms with Gasteiger partial charge in [-0.3, -0.25) is 4.90 Å². The summed E-state index contributed by atoms with van der Waals surface area (Å²) >= 11 is 1.54. The topological polar surface area (TPSA) is 152 Å². The van der Waals surface area contributed by atoms with E-state index in [4.69, 9.17) is 25.0 Å². The molecule has 1 spiro atoms. The Balaban J connectivity index is 1.31. The van der Waals surface area contributed by atoms with Crippen molar-refractivity contribution in [3.63, 3.8) is 0 Å². The fourth-order valence-corrected chi connectivity index (χ4v) is 8.33. The van der Waals surface area contributed by atoms with Gasteiger partial charge in [-0.25, -0.2) is 4.98 Å². The third kappa shape index (κ3) is 4.48. The second-order valence-corrected chi connectivity index (χ2v) is 12.7. The van der Waals surface area contributed by atoms with Crippen molar-refractivity contribution in [1.29, 1.82) is 5.26 Å². The number of anilines is 3. The molecule has 1 aliphatic heterocycles. The molecule has 216 valence electrons. The monoisotopic (exact) mass is 583 g/mol. The van der Waals surface area contributed by atoms with Gasteiger partial charge in [0.2, 0.25) is 5.88 Å². The van der Waals surface area contributed by atoms with E-state index in [9.17, 15) is 5.26 Å². The van der Waals surface area contributed by atoms with Gasteiger partial charge in [0.05, 0.1) is 11.0 Å². The third-order valence-electron chi connectivity index (χ3n) is 9.03. The molecule has 5 heterocycles. The van der Waals surface area contributed by atoms with Gasteiger partial charge in [0.15, 0.2) is 23.1 Å². The van der Waals surface area contributed by atoms with Crippen molar-refractivity contribution in [2.45, 2.75) is 75.9 Å². The number of aromatic nitrogens is 5. The number of fused-ring (bicyclic) bond motifs is 4. The molecule has 0 bridgehead atoms. The molecular weight excluding hydrogens is 550 g/mol. The highest BCUT2D eigenvalue weighted by Gasteiger charge is 2.48. The fourth-order valence-electron chi connectivity index (χ4n) is 7.17. The number of rotatable bonds is 6. The zero-order valence-electron chi connectivity index (χ0n) is 23.8. The Bertz CT molecular complexity index is 1660. The third-order valence-corrected chi connectivity index (χ3v) is 10.1. The first-order valence-electron chi connectivity index (χ1n) is 14.6. The Labute approximate surface area is 248 Å². The van der Waals surface area contributed by atoms with Gasteiger partial charge in [0.25, 0.3) is 0 Å². The van der Waals surface area contributed by atoms with Crippen molar-refractivity contribution in [2.24, 2.45) is 0 Å². The second-order valence-electron chi connectivity index (χ2n) is 11.5. The van der Waals surface area contributed by atoms with Gasteiger partial charge in [0.1, 0.15) is 23.0 Å². The predicted molar refractivity (Wildman–Crippen MR) is 159 cm³/mol. The number of ether oxygens (including phenoxy) is 1. The Morgan fingerprint density at radius 3 is 2.86 bits per heavy atom. The first kappa shape index (κ1) is 26.8. The molecule has 3 aliphatic rings. The van der Waals surface area contributed by atoms with Gasteiger partial charge < -0.3 is 20.3 Å². The quantitative estimate of drug-likeness (QED) is 0.315. The van der Waals surface area contributed by atoms with E-state index in [1.165, 1.54) is 16.2 Å². The van der Waals surface area contributed by atoms with Gasteiger partial charge >= 0.3 is 0 Å². The van der Waals surface area contributed by atoms with E-state index in [2.05, 4.69) is 45.6 Å². The minimum absolute atomic E-state index is 0.0618. The molecule has 0 saturated carbocycles. The van der Waals surface area contributed by atoms with Crippen LogP contribution in [0.5, 0.6) is 5.88 Å². The maximum atomic E-state index is 10.0. The van der Waals surface area contributed by atoms with Crippen LogP contribution >= 0.6 is 11.3 Å². The number of likely N-dealkylation sites (N-methyl/N-ethyl adjacent to an activating group) is 1. The number of nitrogens with zero attached hydrogens (tertiary/aromatic N) is 7. The summed E-state index contributed by atoms with van der Waals surface area (Å²) in [5.74, 6) is 2.79. The Morgan fingerprint density at radius 1 is 1.24 bits per heavy atom. The summed E-state index contributed by atoms with van der Waals surface area (Å²) in [6, 6.07) is 8.13. The smallest absolute Gasteiger partial charge is 0.219 e. The molecular formula is C30H33N9O2S. The average molecular weight is 584 g/mol. The van der Waals surface area contributed by atoms with Crippen LogP contribution in [0.25, 0.3) is 11.5 Å². The summed E-state index contributed by atoms with van der Waals surface area (Å²) in [4.78, 5) is 13.2. The van der Waals surface area contributed by atoms with Gasteiger partial charge in [-0.05, 0) is 89.6 Å². The molecule has 0 aromatic carbocycles. The lowest BCUT2D eigenvalue weighted by Crippen LogP contribution is -2.38. The largest absolute Gasteiger partial charge is 0.473 e. The maximum Gasteiger partial charge on any atom is 0.219 e. The van der Waals surface area contributed by atoms with Crippen LogP contribution in [-0.2, 0) is 18.3 Å². The van der Waals surface area contributed by atoms with Crippen LogP contribution in [-0.4, -0.2) is 56.0 Å². The number of nitrogen functional groups attached to an aromatic ring is 1. The number of aryl methyl sites for hydroxylation is 1. The molecule has 11 nitrogen and oxygen atoms in total. The average Bonchev–Trinajstić information content (AvgIpc) is 3.70. The molecule has 42 heavy (non-hydrogen) atoms. The van der Waals surface area contributed by atoms with Gasteiger partial charge in [-0.15, -0.1) is 16.4 Å². The number of likely N-dealkylation sites (tertiary alicyclic amines) is 1. The molecule has 1 saturated heterocycles. The van der Waals surface area contributed by atoms with E-state index in [0.29, 0.717) is 45.6 Å². The lowest BCUT2D eigenvalue weighted by molar-refractivity contribution is 0.117. The van der Waals surface area contributed by atoms with E-state index < -0.39 is 5.41 Å². The number of thiophene rings is 1. The first-order valence-corrected chi connectivity index (χ1v) is 15.4. The van der Waals surface area contributed by atoms with Crippen molar-refractivity contribution < 1.29 is 9.26 Å². The molecule has 3 N–H and O–H groups in total. The standard InChI is InChI=1S/C30H33N9O2S/c1-17(20-8-6-14-39(20)2)40-24-15-23(34-22-10-5-13-33-37-22)35-29(36-24)26-18-7-3-11-30(27(18)41-38-26)12-4-9-21-25(30)19(16-31)28(32)42-21/h5,10,13,15,17,20H,3-4,6-9,11-12,14,32H2,1-2H3,(H,34,35,36,37)/t17-,20-,30-/m0/s1. The highest BCUT2D eigenvalue weighted by atomic mass is 32.1. The lowest BCUT2D eigenvalue weighted by atomic mass is 9.63. The molecule has 2 aliphatic carbocycles. The van der Waals surface area contributed by atoms with Crippen molar-refractivity contribution >= 4 is 28.0 Å². The minimum Gasteiger partial charge on any atom is -0.473 e. The van der Waals surface area contributed by atoms with E-state index in [0.717, 1.165) is 74.8 Å². The minimum atomic E-state index is -0.415. The van der Waals surface area contributed by atoms with E-state index in [1.807, 2.05) is 12.1 Å². The predicted octanol–water partition coefficient (Wildman–Crippen LogP) is 5.00. The number of nitrogens with two attached hydrogens (primary N) is 1. The van der Waals surface area contributed by atoms with Crippen LogP contribution in [0.4, 0.5) is 16.6 Å². The maximum absolute atomic E-state index is 10.0. The molecule has 0 amide bonds. The summed E-state index contributed by atoms with van der Waals surface area (Å²) in [7, 11) is 2.14. The normalized spacial score (nSPS) is 22.4. The Morgan fingerprint density at radius 2 is 2.10 bits per heavy atom. The van der Waals surface area contributed by atoms with Crippen LogP contribution in [0.2, 0.25) is 0 Å². The zero-order chi connectivity index (χ0) is 28.8. The van der Waals surface area contributed by atoms with Crippen molar-refractivity contribution in [3.05, 3.63) is 51.7 Å². The molecule has 12 heteroatoms. The molecule has 4 aromatic heterocycles. The van der Waals surface area contributed by atoms with Crippen molar-refractivity contribution in [2.75, 3.05) is 24.6 Å². The molecule has 7 rings (SSSR count). The summed E-state index contributed by atoms with van der Waals surface area (Å²) < 4.78 is 12.7. The summed E-state index contributed by atoms with van der Waals surface area (Å²) in [6.07, 6.45) is 9.24. The highest BCUT2D eigenvalue weighted by Crippen LogP contribution is 2.55. The SMILES string of the molecule is C[C@H](Oc1cc(Nc2cccnn2)nc(-c2noc3c2CCC[C@@]32CCCc3sc(N)c(C#N)c32)n1)[C@@H]1CCCN1C. The summed E-state index contributed by atoms with van der Waals surface area (Å²) in [5.41, 5.74) is 9.14. The Hall–Kier alpha value is -4.08. The number of hydrogen-bond donors (Lipinski definition) is 2. The van der Waals surface area contributed by atoms with E-state index in [1.54, 1.807) is 12.3 Å². The van der Waals surface area contributed by atoms with Gasteiger partial charge in [0, 0.05) is 28.7 Å². The fraction of sp³-hybridized carbons (Fsp3) is 0.467. The first-order chi connectivity index (χ1) is 20.5. The van der Waals surface area contributed by atoms with Gasteiger partial charge in [-0.1, -0.05) is 5.16 Å². The lowest BCUT2D eigenvalue weighted by Gasteiger charge is -2.39. The van der Waals surface area contributed by atoms with Crippen LogP contribution in [0.3, 0.4) is 0 Å². The molecule has 1 fully saturated rings. The van der Waals surface area contributed by atoms with Crippen molar-refractivity contribution in [3.8, 4) is 23.5 Å². The van der Waals surface area contributed by atoms with Gasteiger partial charge in [-0.2, -0.15) is 15.3 Å². The molecule has 0 unspecified atom stereocenters. The van der Waals surface area contributed by atoms with Crippen molar-refractivity contribution in [1.82, 2.24) is 30.2 Å². The number of nitriles is 1. The molecule has 0 radical (unpaired) electrons. The Kier molecular flexibility index (Phi) is 6.79. The van der Waals surface area contributed by atoms with Crippen LogP contribution in [0.15, 0.2) is 28.9 Å². The van der Waals surface area contributed by atoms with E-state index >= 15 is 0 Å². The number of nitrogens with one attached hydrogen (secondary N) is 1. The summed E-state index contributed by atoms with van der Waals surface area (Å²) in [6.45, 7) is 3.15. The van der Waals surface area contributed by atoms with E-state index in [-0.39, 0.29) is 6.10 Å². The zero-order valence-corrected chi connectivity index (χ0v) is 24.6. The van der Waals surface area contributed by atoms with Crippen LogP contribution < -0.4 is 15.8 Å². The van der Waals surface area contributed by atoms with Crippen LogP contribution in [0, 0.1) is 11.3 Å². The second kappa shape index (κ2) is 10.6. The van der Waals surface area contributed by atoms with Crippen LogP contribution in [0.1, 0.15) is 72.8 Å². The number of hydrogen-bond acceptors (Lipinski definition) is 12.